The molecule has 0 aliphatic heterocycles. The van der Waals surface area contributed by atoms with Crippen molar-refractivity contribution in [2.75, 3.05) is 7.05 Å². The fraction of sp³-hybridized carbons (Fsp3) is 0.462. The number of nitrogens with two attached hydrogens (primary N) is 1. The summed E-state index contributed by atoms with van der Waals surface area (Å²) in [6, 6.07) is 9.84. The van der Waals surface area contributed by atoms with Gasteiger partial charge in [-0.2, -0.15) is 4.72 Å². The van der Waals surface area contributed by atoms with Gasteiger partial charge in [-0.15, -0.1) is 0 Å². The maximum atomic E-state index is 13.8. The second kappa shape index (κ2) is 11.1. The molecule has 2 rings (SSSR count). The molecule has 0 aliphatic carbocycles. The highest BCUT2D eigenvalue weighted by molar-refractivity contribution is 7.89. The Bertz CT molecular complexity index is 1130. The van der Waals surface area contributed by atoms with Crippen molar-refractivity contribution in [1.29, 1.82) is 5.41 Å². The highest BCUT2D eigenvalue weighted by Gasteiger charge is 2.31. The van der Waals surface area contributed by atoms with Gasteiger partial charge in [0, 0.05) is 12.6 Å². The molecule has 2 aromatic rings. The van der Waals surface area contributed by atoms with Crippen LogP contribution in [0.25, 0.3) is 0 Å². The molecule has 0 spiro atoms. The summed E-state index contributed by atoms with van der Waals surface area (Å²) in [5.74, 6) is -0.311. The lowest BCUT2D eigenvalue weighted by atomic mass is 9.89. The molecule has 1 atom stereocenters. The van der Waals surface area contributed by atoms with Crippen LogP contribution in [-0.2, 0) is 21.2 Å². The van der Waals surface area contributed by atoms with Crippen LogP contribution >= 0.6 is 0 Å². The largest absolute Gasteiger partial charge is 0.384 e. The van der Waals surface area contributed by atoms with Crippen molar-refractivity contribution in [3.63, 3.8) is 0 Å². The van der Waals surface area contributed by atoms with Crippen LogP contribution in [0, 0.1) is 5.41 Å². The maximum Gasteiger partial charge on any atom is 0.241 e. The van der Waals surface area contributed by atoms with E-state index < -0.39 is 22.0 Å². The molecule has 0 fully saturated rings. The van der Waals surface area contributed by atoms with Gasteiger partial charge < -0.3 is 11.1 Å². The lowest BCUT2D eigenvalue weighted by Gasteiger charge is -2.25. The Labute approximate surface area is 204 Å². The Balaban J connectivity index is 2.59. The van der Waals surface area contributed by atoms with Gasteiger partial charge in [-0.05, 0) is 52.5 Å². The zero-order valence-electron chi connectivity index (χ0n) is 21.2. The molecule has 0 aliphatic rings. The summed E-state index contributed by atoms with van der Waals surface area (Å²) in [5, 5.41) is 10.2. The first kappa shape index (κ1) is 27.5. The number of amides is 1. The van der Waals surface area contributed by atoms with E-state index in [2.05, 4.69) is 23.9 Å². The first-order chi connectivity index (χ1) is 15.8. The van der Waals surface area contributed by atoms with Crippen molar-refractivity contribution in [3.8, 4) is 0 Å². The van der Waals surface area contributed by atoms with E-state index in [1.807, 2.05) is 39.8 Å². The number of hydrogen-bond donors (Lipinski definition) is 4. The Morgan fingerprint density at radius 2 is 1.53 bits per heavy atom. The topological polar surface area (TPSA) is 125 Å². The second-order valence-electron chi connectivity index (χ2n) is 9.60. The predicted octanol–water partition coefficient (Wildman–Crippen LogP) is 3.98. The minimum Gasteiger partial charge on any atom is -0.384 e. The third kappa shape index (κ3) is 6.45. The SMILES string of the molecule is CNC(=O)C(Cc1cccc(C(=N)N)c1)NS(=O)(=O)c1c(C(C)C)cc(C(C)C)cc1C(C)C. The summed E-state index contributed by atoms with van der Waals surface area (Å²) in [7, 11) is -2.55. The maximum absolute atomic E-state index is 13.8. The van der Waals surface area contributed by atoms with Crippen LogP contribution in [0.5, 0.6) is 0 Å². The van der Waals surface area contributed by atoms with Gasteiger partial charge in [0.1, 0.15) is 11.9 Å². The summed E-state index contributed by atoms with van der Waals surface area (Å²) in [5.41, 5.74) is 9.40. The van der Waals surface area contributed by atoms with Gasteiger partial charge in [0.15, 0.2) is 0 Å². The molecular weight excluding hydrogens is 448 g/mol. The van der Waals surface area contributed by atoms with Crippen LogP contribution in [0.3, 0.4) is 0 Å². The summed E-state index contributed by atoms with van der Waals surface area (Å²) in [4.78, 5) is 13.0. The molecule has 2 aromatic carbocycles. The van der Waals surface area contributed by atoms with Crippen molar-refractivity contribution >= 4 is 21.8 Å². The fourth-order valence-corrected chi connectivity index (χ4v) is 5.80. The number of benzene rings is 2. The van der Waals surface area contributed by atoms with Crippen LogP contribution < -0.4 is 15.8 Å². The Morgan fingerprint density at radius 3 is 1.97 bits per heavy atom. The fourth-order valence-electron chi connectivity index (χ4n) is 3.91. The van der Waals surface area contributed by atoms with Gasteiger partial charge >= 0.3 is 0 Å². The van der Waals surface area contributed by atoms with Gasteiger partial charge in [-0.1, -0.05) is 71.9 Å². The molecule has 0 bridgehead atoms. The number of likely N-dealkylation sites (N-methyl/N-ethyl adjacent to an activating group) is 1. The Hall–Kier alpha value is -2.71. The minimum absolute atomic E-state index is 0.0199. The molecule has 186 valence electrons. The number of sulfonamides is 1. The predicted molar refractivity (Wildman–Crippen MR) is 138 cm³/mol. The molecule has 0 saturated heterocycles. The monoisotopic (exact) mass is 486 g/mol. The Morgan fingerprint density at radius 1 is 0.971 bits per heavy atom. The highest BCUT2D eigenvalue weighted by atomic mass is 32.2. The van der Waals surface area contributed by atoms with Gasteiger partial charge in [0.05, 0.1) is 4.90 Å². The average molecular weight is 487 g/mol. The first-order valence-corrected chi connectivity index (χ1v) is 13.1. The van der Waals surface area contributed by atoms with Crippen molar-refractivity contribution < 1.29 is 13.2 Å². The molecule has 1 amide bonds. The molecule has 0 heterocycles. The van der Waals surface area contributed by atoms with E-state index in [1.54, 1.807) is 24.3 Å². The number of nitrogens with one attached hydrogen (secondary N) is 3. The number of carbonyl (C=O) groups is 1. The quantitative estimate of drug-likeness (QED) is 0.299. The standard InChI is InChI=1S/C26H38N4O3S/c1-15(2)20-13-21(16(3)4)24(22(14-20)17(5)6)34(32,33)30-23(26(31)29-7)12-18-9-8-10-19(11-18)25(27)28/h8-11,13-17,23,30H,12H2,1-7H3,(H3,27,28)(H,29,31). The van der Waals surface area contributed by atoms with Crippen LogP contribution in [0.15, 0.2) is 41.3 Å². The first-order valence-electron chi connectivity index (χ1n) is 11.6. The number of amidine groups is 1. The summed E-state index contributed by atoms with van der Waals surface area (Å²) in [6.07, 6.45) is 0.123. The van der Waals surface area contributed by atoms with E-state index in [1.165, 1.54) is 7.05 Å². The van der Waals surface area contributed by atoms with Gasteiger partial charge in [-0.25, -0.2) is 8.42 Å². The average Bonchev–Trinajstić information content (AvgIpc) is 2.76. The van der Waals surface area contributed by atoms with Crippen LogP contribution in [-0.4, -0.2) is 33.3 Å². The summed E-state index contributed by atoms with van der Waals surface area (Å²) >= 11 is 0. The van der Waals surface area contributed by atoms with E-state index in [-0.39, 0.29) is 34.9 Å². The van der Waals surface area contributed by atoms with E-state index in [0.29, 0.717) is 11.1 Å². The van der Waals surface area contributed by atoms with E-state index in [9.17, 15) is 13.2 Å². The summed E-state index contributed by atoms with van der Waals surface area (Å²) in [6.45, 7) is 12.1. The molecule has 8 heteroatoms. The molecular formula is C26H38N4O3S. The smallest absolute Gasteiger partial charge is 0.241 e. The number of carbonyl (C=O) groups excluding carboxylic acids is 1. The van der Waals surface area contributed by atoms with Crippen LogP contribution in [0.2, 0.25) is 0 Å². The van der Waals surface area contributed by atoms with Crippen molar-refractivity contribution in [3.05, 3.63) is 64.2 Å². The minimum atomic E-state index is -4.03. The normalized spacial score (nSPS) is 12.9. The van der Waals surface area contributed by atoms with E-state index in [4.69, 9.17) is 11.1 Å². The van der Waals surface area contributed by atoms with Gasteiger partial charge in [0.2, 0.25) is 15.9 Å². The molecule has 34 heavy (non-hydrogen) atoms. The lowest BCUT2D eigenvalue weighted by Crippen LogP contribution is -2.47. The molecule has 1 unspecified atom stereocenters. The number of hydrogen-bond acceptors (Lipinski definition) is 4. The third-order valence-corrected chi connectivity index (χ3v) is 7.49. The van der Waals surface area contributed by atoms with Crippen LogP contribution in [0.1, 0.15) is 87.1 Å². The Kier molecular flexibility index (Phi) is 9.02. The van der Waals surface area contributed by atoms with E-state index in [0.717, 1.165) is 16.7 Å². The van der Waals surface area contributed by atoms with Crippen molar-refractivity contribution in [2.45, 2.75) is 76.7 Å². The number of nitrogen functional groups attached to an aromatic ring is 1. The zero-order chi connectivity index (χ0) is 25.8. The zero-order valence-corrected chi connectivity index (χ0v) is 22.0. The van der Waals surface area contributed by atoms with Crippen LogP contribution in [0.4, 0.5) is 0 Å². The molecule has 7 nitrogen and oxygen atoms in total. The second-order valence-corrected chi connectivity index (χ2v) is 11.2. The number of rotatable bonds is 10. The van der Waals surface area contributed by atoms with Gasteiger partial charge in [0.25, 0.3) is 0 Å². The van der Waals surface area contributed by atoms with Crippen molar-refractivity contribution in [2.24, 2.45) is 5.73 Å². The summed E-state index contributed by atoms with van der Waals surface area (Å²) < 4.78 is 30.3. The van der Waals surface area contributed by atoms with Crippen molar-refractivity contribution in [1.82, 2.24) is 10.0 Å². The third-order valence-electron chi connectivity index (χ3n) is 5.89. The highest BCUT2D eigenvalue weighted by Crippen LogP contribution is 2.35. The van der Waals surface area contributed by atoms with E-state index >= 15 is 0 Å². The molecule has 0 saturated carbocycles. The molecule has 0 aromatic heterocycles. The van der Waals surface area contributed by atoms with Gasteiger partial charge in [-0.3, -0.25) is 10.2 Å². The lowest BCUT2D eigenvalue weighted by molar-refractivity contribution is -0.122. The molecule has 5 N–H and O–H groups in total. The molecule has 0 radical (unpaired) electrons.